The fourth-order valence-electron chi connectivity index (χ4n) is 1.29. The maximum absolute atomic E-state index is 4.41. The predicted octanol–water partition coefficient (Wildman–Crippen LogP) is 3.94. The van der Waals surface area contributed by atoms with Crippen molar-refractivity contribution in [1.82, 2.24) is 4.98 Å². The van der Waals surface area contributed by atoms with E-state index in [4.69, 9.17) is 0 Å². The van der Waals surface area contributed by atoms with Gasteiger partial charge in [-0.3, -0.25) is 4.98 Å². The van der Waals surface area contributed by atoms with E-state index in [1.54, 1.807) is 11.3 Å². The summed E-state index contributed by atoms with van der Waals surface area (Å²) in [6.07, 6.45) is 0. The van der Waals surface area contributed by atoms with Crippen LogP contribution in [0, 0.1) is 13.8 Å². The Labute approximate surface area is 83.4 Å². The highest BCUT2D eigenvalue weighted by Gasteiger charge is 1.99. The lowest BCUT2D eigenvalue weighted by Crippen LogP contribution is -1.82. The second-order valence-corrected chi connectivity index (χ2v) is 3.63. The van der Waals surface area contributed by atoms with E-state index in [0.717, 1.165) is 11.2 Å². The van der Waals surface area contributed by atoms with Crippen molar-refractivity contribution in [1.29, 1.82) is 0 Å². The molecule has 0 unspecified atom stereocenters. The molecule has 0 atom stereocenters. The topological polar surface area (TPSA) is 12.9 Å². The summed E-state index contributed by atoms with van der Waals surface area (Å²) >= 11 is 1.76. The van der Waals surface area contributed by atoms with Crippen LogP contribution in [0.4, 0.5) is 0 Å². The van der Waals surface area contributed by atoms with Crippen LogP contribution < -0.4 is 0 Å². The van der Waals surface area contributed by atoms with E-state index in [1.165, 1.54) is 10.3 Å². The molecule has 0 N–H and O–H groups in total. The Bertz CT molecular complexity index is 390. The Morgan fingerprint density at radius 2 is 1.92 bits per heavy atom. The predicted molar refractivity (Wildman–Crippen MR) is 60.4 cm³/mol. The number of thiophene rings is 1. The van der Waals surface area contributed by atoms with Crippen LogP contribution in [0.25, 0.3) is 10.2 Å². The maximum Gasteiger partial charge on any atom is 0.0815 e. The molecule has 0 aliphatic carbocycles. The standard InChI is InChI=1S/C9H9NS.C2H6/c1-6-5-7(2)10-8-3-4-11-9(6)8;1-2/h3-5H,1-2H3;1-2H3. The maximum atomic E-state index is 4.41. The van der Waals surface area contributed by atoms with E-state index in [2.05, 4.69) is 29.4 Å². The van der Waals surface area contributed by atoms with Crippen molar-refractivity contribution in [2.45, 2.75) is 27.7 Å². The van der Waals surface area contributed by atoms with Crippen LogP contribution in [-0.4, -0.2) is 4.98 Å². The number of nitrogens with zero attached hydrogens (tertiary/aromatic N) is 1. The fourth-order valence-corrected chi connectivity index (χ4v) is 2.10. The zero-order valence-electron chi connectivity index (χ0n) is 8.59. The van der Waals surface area contributed by atoms with Gasteiger partial charge < -0.3 is 0 Å². The van der Waals surface area contributed by atoms with Gasteiger partial charge in [-0.05, 0) is 36.9 Å². The first-order chi connectivity index (χ1) is 6.27. The SMILES string of the molecule is CC.Cc1cc(C)c2sccc2n1. The van der Waals surface area contributed by atoms with Gasteiger partial charge in [-0.25, -0.2) is 0 Å². The van der Waals surface area contributed by atoms with Crippen LogP contribution in [-0.2, 0) is 0 Å². The Hall–Kier alpha value is -0.890. The smallest absolute Gasteiger partial charge is 0.0815 e. The average molecular weight is 193 g/mol. The minimum atomic E-state index is 1.11. The quantitative estimate of drug-likeness (QED) is 0.617. The molecule has 13 heavy (non-hydrogen) atoms. The van der Waals surface area contributed by atoms with Crippen molar-refractivity contribution >= 4 is 21.6 Å². The molecule has 0 saturated carbocycles. The molecule has 0 radical (unpaired) electrons. The summed E-state index contributed by atoms with van der Waals surface area (Å²) in [5.41, 5.74) is 3.57. The third kappa shape index (κ3) is 2.07. The zero-order valence-corrected chi connectivity index (χ0v) is 9.40. The van der Waals surface area contributed by atoms with Gasteiger partial charge in [0, 0.05) is 5.69 Å². The first-order valence-corrected chi connectivity index (χ1v) is 5.47. The number of aryl methyl sites for hydroxylation is 2. The molecule has 0 fully saturated rings. The summed E-state index contributed by atoms with van der Waals surface area (Å²) in [7, 11) is 0. The summed E-state index contributed by atoms with van der Waals surface area (Å²) in [6.45, 7) is 8.16. The minimum absolute atomic E-state index is 1.11. The number of fused-ring (bicyclic) bond motifs is 1. The summed E-state index contributed by atoms with van der Waals surface area (Å²) < 4.78 is 1.32. The summed E-state index contributed by atoms with van der Waals surface area (Å²) in [4.78, 5) is 4.41. The molecule has 2 aromatic heterocycles. The fraction of sp³-hybridized carbons (Fsp3) is 0.364. The number of hydrogen-bond donors (Lipinski definition) is 0. The Balaban J connectivity index is 0.000000396. The van der Waals surface area contributed by atoms with Crippen molar-refractivity contribution in [3.05, 3.63) is 28.8 Å². The lowest BCUT2D eigenvalue weighted by atomic mass is 10.2. The molecule has 70 valence electrons. The van der Waals surface area contributed by atoms with Gasteiger partial charge in [-0.2, -0.15) is 0 Å². The Morgan fingerprint density at radius 1 is 1.23 bits per heavy atom. The molecule has 2 rings (SSSR count). The molecule has 2 heteroatoms. The first kappa shape index (κ1) is 10.2. The lowest BCUT2D eigenvalue weighted by molar-refractivity contribution is 1.24. The van der Waals surface area contributed by atoms with E-state index >= 15 is 0 Å². The molecule has 0 bridgehead atoms. The van der Waals surface area contributed by atoms with Crippen LogP contribution in [0.5, 0.6) is 0 Å². The number of aromatic nitrogens is 1. The molecule has 0 saturated heterocycles. The minimum Gasteiger partial charge on any atom is -0.252 e. The Kier molecular flexibility index (Phi) is 3.43. The molecule has 0 aromatic carbocycles. The highest BCUT2D eigenvalue weighted by molar-refractivity contribution is 7.17. The van der Waals surface area contributed by atoms with Crippen molar-refractivity contribution in [2.24, 2.45) is 0 Å². The van der Waals surface area contributed by atoms with Gasteiger partial charge in [0.15, 0.2) is 0 Å². The van der Waals surface area contributed by atoms with Gasteiger partial charge in [0.1, 0.15) is 0 Å². The third-order valence-corrected chi connectivity index (χ3v) is 2.76. The second-order valence-electron chi connectivity index (χ2n) is 2.72. The van der Waals surface area contributed by atoms with Crippen LogP contribution in [0.1, 0.15) is 25.1 Å². The van der Waals surface area contributed by atoms with Gasteiger partial charge in [-0.15, -0.1) is 11.3 Å². The van der Waals surface area contributed by atoms with Crippen LogP contribution >= 0.6 is 11.3 Å². The molecule has 0 amide bonds. The van der Waals surface area contributed by atoms with Crippen molar-refractivity contribution in [2.75, 3.05) is 0 Å². The molecule has 0 aliphatic rings. The van der Waals surface area contributed by atoms with Gasteiger partial charge in [0.05, 0.1) is 10.2 Å². The second kappa shape index (κ2) is 4.38. The monoisotopic (exact) mass is 193 g/mol. The largest absolute Gasteiger partial charge is 0.252 e. The van der Waals surface area contributed by atoms with E-state index in [0.29, 0.717) is 0 Å². The molecule has 0 aliphatic heterocycles. The van der Waals surface area contributed by atoms with Gasteiger partial charge in [0.25, 0.3) is 0 Å². The first-order valence-electron chi connectivity index (χ1n) is 4.59. The summed E-state index contributed by atoms with van der Waals surface area (Å²) in [5, 5.41) is 2.09. The molecule has 2 heterocycles. The van der Waals surface area contributed by atoms with E-state index in [-0.39, 0.29) is 0 Å². The van der Waals surface area contributed by atoms with Gasteiger partial charge in [0.2, 0.25) is 0 Å². The zero-order chi connectivity index (χ0) is 9.84. The van der Waals surface area contributed by atoms with Crippen LogP contribution in [0.2, 0.25) is 0 Å². The number of pyridine rings is 1. The third-order valence-electron chi connectivity index (χ3n) is 1.72. The normalized spacial score (nSPS) is 9.54. The highest BCUT2D eigenvalue weighted by Crippen LogP contribution is 2.22. The molecule has 1 nitrogen and oxygen atoms in total. The van der Waals surface area contributed by atoms with E-state index < -0.39 is 0 Å². The highest BCUT2D eigenvalue weighted by atomic mass is 32.1. The summed E-state index contributed by atoms with van der Waals surface area (Å²) in [6, 6.07) is 4.19. The molecule has 0 spiro atoms. The van der Waals surface area contributed by atoms with Crippen molar-refractivity contribution < 1.29 is 0 Å². The van der Waals surface area contributed by atoms with Gasteiger partial charge in [-0.1, -0.05) is 13.8 Å². The average Bonchev–Trinajstić information content (AvgIpc) is 2.55. The molecular formula is C11H15NS. The molecule has 2 aromatic rings. The number of hydrogen-bond acceptors (Lipinski definition) is 2. The van der Waals surface area contributed by atoms with Crippen molar-refractivity contribution in [3.63, 3.8) is 0 Å². The lowest BCUT2D eigenvalue weighted by Gasteiger charge is -1.96. The number of rotatable bonds is 0. The van der Waals surface area contributed by atoms with Crippen molar-refractivity contribution in [3.8, 4) is 0 Å². The van der Waals surface area contributed by atoms with Gasteiger partial charge >= 0.3 is 0 Å². The van der Waals surface area contributed by atoms with Crippen LogP contribution in [0.3, 0.4) is 0 Å². The van der Waals surface area contributed by atoms with E-state index in [1.807, 2.05) is 20.8 Å². The summed E-state index contributed by atoms with van der Waals surface area (Å²) in [5.74, 6) is 0. The molecular weight excluding hydrogens is 178 g/mol. The van der Waals surface area contributed by atoms with E-state index in [9.17, 15) is 0 Å². The Morgan fingerprint density at radius 3 is 2.62 bits per heavy atom. The van der Waals surface area contributed by atoms with Crippen LogP contribution in [0.15, 0.2) is 17.5 Å².